The number of pyridine rings is 1. The molecule has 0 aromatic carbocycles. The molecule has 4 heterocycles. The van der Waals surface area contributed by atoms with Crippen LogP contribution in [0.4, 0.5) is 0 Å². The highest BCUT2D eigenvalue weighted by molar-refractivity contribution is 5.74. The van der Waals surface area contributed by atoms with Crippen LogP contribution in [0.15, 0.2) is 18.3 Å². The first-order valence-corrected chi connectivity index (χ1v) is 9.49. The Kier molecular flexibility index (Phi) is 4.55. The van der Waals surface area contributed by atoms with Crippen LogP contribution in [0.25, 0.3) is 11.0 Å². The van der Waals surface area contributed by atoms with Crippen molar-refractivity contribution >= 4 is 11.0 Å². The molecule has 2 aliphatic rings. The number of fused-ring (bicyclic) bond motifs is 1. The van der Waals surface area contributed by atoms with E-state index in [2.05, 4.69) is 34.0 Å². The quantitative estimate of drug-likeness (QED) is 0.868. The molecular weight excluding hydrogens is 298 g/mol. The maximum atomic E-state index is 4.93. The summed E-state index contributed by atoms with van der Waals surface area (Å²) in [6.45, 7) is 8.44. The second-order valence-corrected chi connectivity index (χ2v) is 7.42. The molecule has 0 spiro atoms. The average molecular weight is 327 g/mol. The molecule has 0 amide bonds. The molecule has 2 fully saturated rings. The Bertz CT molecular complexity index is 686. The molecular formula is C19H29N5. The zero-order chi connectivity index (χ0) is 16.5. The minimum atomic E-state index is 0.572. The van der Waals surface area contributed by atoms with Crippen molar-refractivity contribution in [1.82, 2.24) is 24.6 Å². The van der Waals surface area contributed by atoms with Crippen molar-refractivity contribution in [1.29, 1.82) is 0 Å². The number of aryl methyl sites for hydroxylation is 1. The molecule has 1 atom stereocenters. The van der Waals surface area contributed by atoms with Crippen LogP contribution in [0.5, 0.6) is 0 Å². The van der Waals surface area contributed by atoms with E-state index in [4.69, 9.17) is 4.98 Å². The van der Waals surface area contributed by atoms with Crippen LogP contribution in [-0.4, -0.2) is 63.3 Å². The maximum absolute atomic E-state index is 4.93. The van der Waals surface area contributed by atoms with E-state index in [1.54, 1.807) is 0 Å². The monoisotopic (exact) mass is 327 g/mol. The predicted molar refractivity (Wildman–Crippen MR) is 97.2 cm³/mol. The van der Waals surface area contributed by atoms with E-state index in [0.717, 1.165) is 17.1 Å². The van der Waals surface area contributed by atoms with Gasteiger partial charge in [-0.15, -0.1) is 0 Å². The van der Waals surface area contributed by atoms with Crippen LogP contribution in [-0.2, 0) is 7.05 Å². The topological polar surface area (TPSA) is 37.2 Å². The average Bonchev–Trinajstić information content (AvgIpc) is 3.02. The van der Waals surface area contributed by atoms with Crippen LogP contribution >= 0.6 is 0 Å². The van der Waals surface area contributed by atoms with E-state index >= 15 is 0 Å². The van der Waals surface area contributed by atoms with Crippen LogP contribution in [0.1, 0.15) is 44.2 Å². The summed E-state index contributed by atoms with van der Waals surface area (Å²) >= 11 is 0. The zero-order valence-electron chi connectivity index (χ0n) is 15.0. The summed E-state index contributed by atoms with van der Waals surface area (Å²) in [6.07, 6.45) is 7.12. The number of likely N-dealkylation sites (tertiary alicyclic amines) is 2. The van der Waals surface area contributed by atoms with Crippen molar-refractivity contribution in [3.8, 4) is 0 Å². The SMILES string of the molecule is CCN1CCC(N2CCC[C@@H](c3ccc4cnn(C)c4n3)C2)CC1. The minimum Gasteiger partial charge on any atom is -0.303 e. The molecule has 0 bridgehead atoms. The van der Waals surface area contributed by atoms with Crippen molar-refractivity contribution in [3.05, 3.63) is 24.0 Å². The molecule has 2 aliphatic heterocycles. The number of hydrogen-bond donors (Lipinski definition) is 0. The van der Waals surface area contributed by atoms with Gasteiger partial charge in [0, 0.05) is 36.6 Å². The number of aromatic nitrogens is 3. The van der Waals surface area contributed by atoms with Gasteiger partial charge in [-0.2, -0.15) is 5.10 Å². The molecule has 0 unspecified atom stereocenters. The molecule has 5 heteroatoms. The van der Waals surface area contributed by atoms with Crippen LogP contribution in [0.3, 0.4) is 0 Å². The third kappa shape index (κ3) is 3.07. The lowest BCUT2D eigenvalue weighted by atomic mass is 9.91. The predicted octanol–water partition coefficient (Wildman–Crippen LogP) is 2.63. The first kappa shape index (κ1) is 16.0. The third-order valence-corrected chi connectivity index (χ3v) is 6.00. The Hall–Kier alpha value is -1.46. The van der Waals surface area contributed by atoms with Crippen LogP contribution in [0.2, 0.25) is 0 Å². The lowest BCUT2D eigenvalue weighted by molar-refractivity contribution is 0.0865. The Morgan fingerprint density at radius 1 is 1.12 bits per heavy atom. The first-order valence-electron chi connectivity index (χ1n) is 9.49. The summed E-state index contributed by atoms with van der Waals surface area (Å²) in [7, 11) is 1.98. The van der Waals surface area contributed by atoms with Gasteiger partial charge in [-0.3, -0.25) is 9.58 Å². The standard InChI is InChI=1S/C19H29N5/c1-3-23-11-8-17(9-12-23)24-10-4-5-16(14-24)18-7-6-15-13-20-22(2)19(15)21-18/h6-7,13,16-17H,3-5,8-12,14H2,1-2H3/t16-/m1/s1. The largest absolute Gasteiger partial charge is 0.303 e. The molecule has 24 heavy (non-hydrogen) atoms. The fourth-order valence-electron chi connectivity index (χ4n) is 4.44. The fourth-order valence-corrected chi connectivity index (χ4v) is 4.44. The second kappa shape index (κ2) is 6.81. The molecule has 0 N–H and O–H groups in total. The minimum absolute atomic E-state index is 0.572. The smallest absolute Gasteiger partial charge is 0.157 e. The molecule has 2 aromatic heterocycles. The van der Waals surface area contributed by atoms with Gasteiger partial charge in [0.15, 0.2) is 5.65 Å². The summed E-state index contributed by atoms with van der Waals surface area (Å²) in [4.78, 5) is 10.3. The fraction of sp³-hybridized carbons (Fsp3) is 0.684. The van der Waals surface area contributed by atoms with E-state index in [0.29, 0.717) is 5.92 Å². The Balaban J connectivity index is 1.46. The maximum Gasteiger partial charge on any atom is 0.157 e. The van der Waals surface area contributed by atoms with Crippen molar-refractivity contribution < 1.29 is 0 Å². The third-order valence-electron chi connectivity index (χ3n) is 6.00. The first-order chi connectivity index (χ1) is 11.7. The molecule has 130 valence electrons. The zero-order valence-corrected chi connectivity index (χ0v) is 15.0. The number of rotatable bonds is 3. The van der Waals surface area contributed by atoms with E-state index < -0.39 is 0 Å². The van der Waals surface area contributed by atoms with Crippen molar-refractivity contribution in [2.75, 3.05) is 32.7 Å². The molecule has 2 aromatic rings. The van der Waals surface area contributed by atoms with Gasteiger partial charge in [0.05, 0.1) is 6.20 Å². The Morgan fingerprint density at radius 2 is 1.96 bits per heavy atom. The molecule has 0 aliphatic carbocycles. The van der Waals surface area contributed by atoms with Crippen LogP contribution < -0.4 is 0 Å². The molecule has 2 saturated heterocycles. The Labute approximate surface area is 144 Å². The van der Waals surface area contributed by atoms with Crippen molar-refractivity contribution in [2.45, 2.75) is 44.6 Å². The van der Waals surface area contributed by atoms with Gasteiger partial charge >= 0.3 is 0 Å². The molecule has 0 saturated carbocycles. The van der Waals surface area contributed by atoms with Gasteiger partial charge in [0.25, 0.3) is 0 Å². The second-order valence-electron chi connectivity index (χ2n) is 7.42. The summed E-state index contributed by atoms with van der Waals surface area (Å²) < 4.78 is 1.89. The van der Waals surface area contributed by atoms with E-state index in [-0.39, 0.29) is 0 Å². The normalized spacial score (nSPS) is 24.7. The van der Waals surface area contributed by atoms with Gasteiger partial charge in [-0.05, 0) is 64.0 Å². The van der Waals surface area contributed by atoms with E-state index in [9.17, 15) is 0 Å². The summed E-state index contributed by atoms with van der Waals surface area (Å²) in [6, 6.07) is 5.18. The van der Waals surface area contributed by atoms with Crippen molar-refractivity contribution in [3.63, 3.8) is 0 Å². The molecule has 0 radical (unpaired) electrons. The Morgan fingerprint density at radius 3 is 2.75 bits per heavy atom. The van der Waals surface area contributed by atoms with Gasteiger partial charge < -0.3 is 4.90 Å². The summed E-state index contributed by atoms with van der Waals surface area (Å²) in [5, 5.41) is 5.46. The highest BCUT2D eigenvalue weighted by Gasteiger charge is 2.29. The molecule has 4 rings (SSSR count). The van der Waals surface area contributed by atoms with Gasteiger partial charge in [0.1, 0.15) is 0 Å². The van der Waals surface area contributed by atoms with E-state index in [1.807, 2.05) is 17.9 Å². The lowest BCUT2D eigenvalue weighted by Gasteiger charge is -2.42. The molecule has 5 nitrogen and oxygen atoms in total. The van der Waals surface area contributed by atoms with Gasteiger partial charge in [0.2, 0.25) is 0 Å². The summed E-state index contributed by atoms with van der Waals surface area (Å²) in [5.41, 5.74) is 2.27. The van der Waals surface area contributed by atoms with Gasteiger partial charge in [-0.25, -0.2) is 4.98 Å². The number of piperidine rings is 2. The number of hydrogen-bond acceptors (Lipinski definition) is 4. The number of nitrogens with zero attached hydrogens (tertiary/aromatic N) is 5. The van der Waals surface area contributed by atoms with Crippen molar-refractivity contribution in [2.24, 2.45) is 7.05 Å². The van der Waals surface area contributed by atoms with Crippen LogP contribution in [0, 0.1) is 0 Å². The van der Waals surface area contributed by atoms with E-state index in [1.165, 1.54) is 64.1 Å². The highest BCUT2D eigenvalue weighted by Crippen LogP contribution is 2.30. The van der Waals surface area contributed by atoms with Gasteiger partial charge in [-0.1, -0.05) is 6.92 Å². The highest BCUT2D eigenvalue weighted by atomic mass is 15.3. The summed E-state index contributed by atoms with van der Waals surface area (Å²) in [5.74, 6) is 0.572. The lowest BCUT2D eigenvalue weighted by Crippen LogP contribution is -2.48.